The largest absolute Gasteiger partial charge is 0.461 e. The van der Waals surface area contributed by atoms with Gasteiger partial charge in [0.2, 0.25) is 6.86 Å². The molecule has 1 saturated heterocycles. The molecule has 216 valence electrons. The summed E-state index contributed by atoms with van der Waals surface area (Å²) in [5, 5.41) is 6.54. The number of piperidine rings is 1. The highest BCUT2D eigenvalue weighted by atomic mass is 32.2. The number of sulfone groups is 1. The molecule has 7 nitrogen and oxygen atoms in total. The second-order valence-electron chi connectivity index (χ2n) is 9.63. The molecular weight excluding hydrogens is 555 g/mol. The molecule has 3 aromatic rings. The average Bonchev–Trinajstić information content (AvgIpc) is 3.20. The van der Waals surface area contributed by atoms with E-state index in [2.05, 4.69) is 22.5 Å². The lowest BCUT2D eigenvalue weighted by Crippen LogP contribution is -2.46. The third-order valence-electron chi connectivity index (χ3n) is 6.54. The number of anilines is 2. The molecule has 1 fully saturated rings. The van der Waals surface area contributed by atoms with Crippen molar-refractivity contribution in [3.8, 4) is 17.6 Å². The lowest BCUT2D eigenvalue weighted by atomic mass is 10.0. The van der Waals surface area contributed by atoms with Gasteiger partial charge in [0.1, 0.15) is 18.5 Å². The monoisotopic (exact) mass is 584 g/mol. The highest BCUT2D eigenvalue weighted by molar-refractivity contribution is 7.90. The standard InChI is InChI=1S/C27H29F5N4O3S/c1-35-12-10-23(21(29)15-35)34-22-6-3-7-25-20(22)13-18(36(25)16-27(30,31)32)5-4-11-33-24-9-8-19(40(2,37)38)14-26(24)39-17-28/h3,6-9,13-14,21,23,33-34H,10-12,15-17H2,1-2H3/t21-,23+/m1/s1. The van der Waals surface area contributed by atoms with E-state index >= 15 is 0 Å². The molecule has 0 bridgehead atoms. The molecule has 0 amide bonds. The predicted octanol–water partition coefficient (Wildman–Crippen LogP) is 4.83. The normalized spacial score (nSPS) is 18.3. The minimum absolute atomic E-state index is 0.0470. The number of nitrogens with one attached hydrogen (secondary N) is 2. The van der Waals surface area contributed by atoms with E-state index in [9.17, 15) is 30.4 Å². The van der Waals surface area contributed by atoms with Gasteiger partial charge in [-0.1, -0.05) is 12.0 Å². The Hall–Kier alpha value is -3.50. The van der Waals surface area contributed by atoms with Crippen molar-refractivity contribution < 1.29 is 35.1 Å². The van der Waals surface area contributed by atoms with Gasteiger partial charge < -0.3 is 24.8 Å². The van der Waals surface area contributed by atoms with Gasteiger partial charge in [0, 0.05) is 36.5 Å². The molecule has 40 heavy (non-hydrogen) atoms. The van der Waals surface area contributed by atoms with Crippen molar-refractivity contribution in [1.82, 2.24) is 9.47 Å². The van der Waals surface area contributed by atoms with Gasteiger partial charge in [0.15, 0.2) is 9.84 Å². The molecule has 2 heterocycles. The lowest BCUT2D eigenvalue weighted by molar-refractivity contribution is -0.140. The molecule has 2 N–H and O–H groups in total. The molecule has 2 aromatic carbocycles. The number of ether oxygens (including phenoxy) is 1. The first-order valence-electron chi connectivity index (χ1n) is 12.4. The first kappa shape index (κ1) is 29.5. The fraction of sp³-hybridized carbons (Fsp3) is 0.407. The third-order valence-corrected chi connectivity index (χ3v) is 7.65. The van der Waals surface area contributed by atoms with Crippen LogP contribution in [-0.4, -0.2) is 76.1 Å². The summed E-state index contributed by atoms with van der Waals surface area (Å²) in [4.78, 5) is 1.82. The minimum Gasteiger partial charge on any atom is -0.461 e. The van der Waals surface area contributed by atoms with Gasteiger partial charge in [0.05, 0.1) is 34.4 Å². The highest BCUT2D eigenvalue weighted by Gasteiger charge is 2.31. The molecule has 1 aliphatic heterocycles. The Morgan fingerprint density at radius 2 is 1.93 bits per heavy atom. The van der Waals surface area contributed by atoms with Crippen molar-refractivity contribution >= 4 is 32.1 Å². The van der Waals surface area contributed by atoms with E-state index in [1.807, 2.05) is 11.9 Å². The molecule has 0 unspecified atom stereocenters. The average molecular weight is 585 g/mol. The summed E-state index contributed by atoms with van der Waals surface area (Å²) in [7, 11) is -1.72. The van der Waals surface area contributed by atoms with E-state index in [-0.39, 0.29) is 35.1 Å². The second kappa shape index (κ2) is 11.9. The number of benzene rings is 2. The van der Waals surface area contributed by atoms with Gasteiger partial charge in [-0.3, -0.25) is 0 Å². The zero-order valence-corrected chi connectivity index (χ0v) is 22.7. The number of halogens is 5. The summed E-state index contributed by atoms with van der Waals surface area (Å²) in [5.74, 6) is 5.47. The van der Waals surface area contributed by atoms with Crippen LogP contribution in [-0.2, 0) is 16.4 Å². The maximum Gasteiger partial charge on any atom is 0.406 e. The smallest absolute Gasteiger partial charge is 0.406 e. The van der Waals surface area contributed by atoms with E-state index in [0.29, 0.717) is 29.6 Å². The fourth-order valence-corrected chi connectivity index (χ4v) is 5.25. The Morgan fingerprint density at radius 3 is 2.60 bits per heavy atom. The maximum absolute atomic E-state index is 14.6. The Balaban J connectivity index is 1.61. The van der Waals surface area contributed by atoms with Gasteiger partial charge >= 0.3 is 6.18 Å². The van der Waals surface area contributed by atoms with Gasteiger partial charge in [-0.2, -0.15) is 13.2 Å². The van der Waals surface area contributed by atoms with Crippen molar-refractivity contribution in [3.05, 3.63) is 48.2 Å². The highest BCUT2D eigenvalue weighted by Crippen LogP contribution is 2.32. The number of nitrogens with zero attached hydrogens (tertiary/aromatic N) is 2. The number of aromatic nitrogens is 1. The van der Waals surface area contributed by atoms with Crippen LogP contribution in [0.2, 0.25) is 0 Å². The summed E-state index contributed by atoms with van der Waals surface area (Å²) in [6.07, 6.45) is -4.09. The number of hydrogen-bond acceptors (Lipinski definition) is 6. The molecule has 0 aliphatic carbocycles. The van der Waals surface area contributed by atoms with Crippen molar-refractivity contribution in [2.75, 3.05) is 50.4 Å². The van der Waals surface area contributed by atoms with E-state index in [1.54, 1.807) is 18.2 Å². The fourth-order valence-electron chi connectivity index (χ4n) is 4.61. The summed E-state index contributed by atoms with van der Waals surface area (Å²) < 4.78 is 97.5. The van der Waals surface area contributed by atoms with Crippen LogP contribution >= 0.6 is 0 Å². The second-order valence-corrected chi connectivity index (χ2v) is 11.6. The van der Waals surface area contributed by atoms with Crippen LogP contribution in [0.4, 0.5) is 33.3 Å². The van der Waals surface area contributed by atoms with Gasteiger partial charge in [-0.15, -0.1) is 0 Å². The number of fused-ring (bicyclic) bond motifs is 1. The van der Waals surface area contributed by atoms with Crippen molar-refractivity contribution in [2.24, 2.45) is 0 Å². The molecule has 4 rings (SSSR count). The van der Waals surface area contributed by atoms with Crippen LogP contribution in [0, 0.1) is 11.8 Å². The van der Waals surface area contributed by atoms with Crippen LogP contribution in [0.1, 0.15) is 12.1 Å². The summed E-state index contributed by atoms with van der Waals surface area (Å²) in [6, 6.07) is 9.83. The Morgan fingerprint density at radius 1 is 1.15 bits per heavy atom. The van der Waals surface area contributed by atoms with Crippen LogP contribution < -0.4 is 15.4 Å². The molecule has 13 heteroatoms. The summed E-state index contributed by atoms with van der Waals surface area (Å²) >= 11 is 0. The Bertz CT molecular complexity index is 1530. The van der Waals surface area contributed by atoms with E-state index in [4.69, 9.17) is 4.74 Å². The molecule has 0 radical (unpaired) electrons. The van der Waals surface area contributed by atoms with E-state index in [0.717, 1.165) is 10.8 Å². The lowest BCUT2D eigenvalue weighted by Gasteiger charge is -2.33. The van der Waals surface area contributed by atoms with Gasteiger partial charge in [0.25, 0.3) is 0 Å². The molecule has 0 spiro atoms. The summed E-state index contributed by atoms with van der Waals surface area (Å²) in [5.41, 5.74) is 1.20. The Labute approximate surface area is 229 Å². The number of likely N-dealkylation sites (tertiary alicyclic amines) is 1. The quantitative estimate of drug-likeness (QED) is 0.292. The SMILES string of the molecule is CN1CC[C@H](Nc2cccc3c2cc(C#CCNc2ccc(S(C)(=O)=O)cc2OCF)n3CC(F)(F)F)[C@H](F)C1. The van der Waals surface area contributed by atoms with Crippen molar-refractivity contribution in [3.63, 3.8) is 0 Å². The van der Waals surface area contributed by atoms with Crippen LogP contribution in [0.25, 0.3) is 10.9 Å². The molecule has 1 aromatic heterocycles. The summed E-state index contributed by atoms with van der Waals surface area (Å²) in [6.45, 7) is -1.55. The predicted molar refractivity (Wildman–Crippen MR) is 144 cm³/mol. The van der Waals surface area contributed by atoms with Gasteiger partial charge in [-0.25, -0.2) is 17.2 Å². The van der Waals surface area contributed by atoms with E-state index in [1.165, 1.54) is 24.3 Å². The first-order valence-corrected chi connectivity index (χ1v) is 14.3. The number of alkyl halides is 5. The molecule has 2 atom stereocenters. The third kappa shape index (κ3) is 7.17. The first-order chi connectivity index (χ1) is 18.9. The van der Waals surface area contributed by atoms with Crippen molar-refractivity contribution in [2.45, 2.75) is 36.3 Å². The zero-order chi connectivity index (χ0) is 29.1. The van der Waals surface area contributed by atoms with Crippen LogP contribution in [0.15, 0.2) is 47.4 Å². The molecular formula is C27H29F5N4O3S. The zero-order valence-electron chi connectivity index (χ0n) is 21.9. The topological polar surface area (TPSA) is 75.6 Å². The maximum atomic E-state index is 14.6. The minimum atomic E-state index is -4.51. The Kier molecular flexibility index (Phi) is 8.80. The molecule has 1 aliphatic rings. The van der Waals surface area contributed by atoms with E-state index < -0.39 is 41.6 Å². The van der Waals surface area contributed by atoms with Crippen LogP contribution in [0.5, 0.6) is 5.75 Å². The van der Waals surface area contributed by atoms with Gasteiger partial charge in [-0.05, 0) is 49.7 Å². The van der Waals surface area contributed by atoms with Crippen LogP contribution in [0.3, 0.4) is 0 Å². The number of rotatable bonds is 8. The van der Waals surface area contributed by atoms with Crippen molar-refractivity contribution in [1.29, 1.82) is 0 Å². The molecule has 0 saturated carbocycles. The number of hydrogen-bond donors (Lipinski definition) is 2.